The second-order valence-corrected chi connectivity index (χ2v) is 4.94. The quantitative estimate of drug-likeness (QED) is 0.647. The molecule has 0 aromatic heterocycles. The minimum atomic E-state index is -0.509. The summed E-state index contributed by atoms with van der Waals surface area (Å²) in [7, 11) is 1.56. The molecule has 0 heterocycles. The first-order chi connectivity index (χ1) is 11.1. The SMILES string of the molecule is COc1cccc(N/C=C(/C#N)C(=O)Nc2ccc(Cl)cc2)c1. The summed E-state index contributed by atoms with van der Waals surface area (Å²) in [5.74, 6) is 0.165. The second-order valence-electron chi connectivity index (χ2n) is 4.51. The molecule has 0 saturated carbocycles. The maximum absolute atomic E-state index is 12.1. The minimum absolute atomic E-state index is 0.0530. The molecule has 0 bridgehead atoms. The number of halogens is 1. The van der Waals surface area contributed by atoms with E-state index in [1.54, 1.807) is 55.6 Å². The Balaban J connectivity index is 2.07. The number of benzene rings is 2. The van der Waals surface area contributed by atoms with Crippen LogP contribution in [-0.2, 0) is 4.79 Å². The fourth-order valence-corrected chi connectivity index (χ4v) is 1.87. The molecule has 0 spiro atoms. The summed E-state index contributed by atoms with van der Waals surface area (Å²) >= 11 is 5.78. The van der Waals surface area contributed by atoms with Gasteiger partial charge in [0.2, 0.25) is 0 Å². The van der Waals surface area contributed by atoms with Crippen molar-refractivity contribution in [2.24, 2.45) is 0 Å². The van der Waals surface area contributed by atoms with Crippen LogP contribution in [0.3, 0.4) is 0 Å². The van der Waals surface area contributed by atoms with Gasteiger partial charge in [-0.2, -0.15) is 5.26 Å². The van der Waals surface area contributed by atoms with Crippen molar-refractivity contribution in [1.29, 1.82) is 5.26 Å². The Labute approximate surface area is 139 Å². The van der Waals surface area contributed by atoms with Gasteiger partial charge in [-0.15, -0.1) is 0 Å². The van der Waals surface area contributed by atoms with E-state index >= 15 is 0 Å². The molecular weight excluding hydrogens is 314 g/mol. The van der Waals surface area contributed by atoms with Gasteiger partial charge in [0.15, 0.2) is 0 Å². The van der Waals surface area contributed by atoms with E-state index < -0.39 is 5.91 Å². The van der Waals surface area contributed by atoms with Gasteiger partial charge in [-0.3, -0.25) is 4.79 Å². The molecule has 0 radical (unpaired) electrons. The van der Waals surface area contributed by atoms with E-state index in [4.69, 9.17) is 21.6 Å². The predicted molar refractivity (Wildman–Crippen MR) is 90.4 cm³/mol. The summed E-state index contributed by atoms with van der Waals surface area (Å²) in [6.07, 6.45) is 1.35. The lowest BCUT2D eigenvalue weighted by molar-refractivity contribution is -0.112. The molecule has 2 aromatic rings. The highest BCUT2D eigenvalue weighted by Gasteiger charge is 2.09. The van der Waals surface area contributed by atoms with Gasteiger partial charge >= 0.3 is 0 Å². The largest absolute Gasteiger partial charge is 0.497 e. The zero-order valence-electron chi connectivity index (χ0n) is 12.3. The number of hydrogen-bond donors (Lipinski definition) is 2. The number of nitrogens with one attached hydrogen (secondary N) is 2. The van der Waals surface area contributed by atoms with Crippen LogP contribution in [0.2, 0.25) is 5.02 Å². The van der Waals surface area contributed by atoms with Crippen LogP contribution in [-0.4, -0.2) is 13.0 Å². The molecule has 0 aliphatic carbocycles. The van der Waals surface area contributed by atoms with Gasteiger partial charge in [0, 0.05) is 28.7 Å². The van der Waals surface area contributed by atoms with E-state index in [0.29, 0.717) is 22.1 Å². The van der Waals surface area contributed by atoms with Crippen LogP contribution in [0.25, 0.3) is 0 Å². The van der Waals surface area contributed by atoms with Crippen molar-refractivity contribution >= 4 is 28.9 Å². The Kier molecular flexibility index (Phi) is 5.61. The molecule has 2 N–H and O–H groups in total. The van der Waals surface area contributed by atoms with Crippen molar-refractivity contribution in [3.63, 3.8) is 0 Å². The van der Waals surface area contributed by atoms with Gasteiger partial charge in [0.05, 0.1) is 7.11 Å². The Morgan fingerprint density at radius 3 is 2.61 bits per heavy atom. The molecule has 0 unspecified atom stereocenters. The highest BCUT2D eigenvalue weighted by Crippen LogP contribution is 2.17. The Morgan fingerprint density at radius 2 is 1.96 bits per heavy atom. The first-order valence-electron chi connectivity index (χ1n) is 6.70. The van der Waals surface area contributed by atoms with Crippen molar-refractivity contribution in [3.8, 4) is 11.8 Å². The molecule has 0 fully saturated rings. The third kappa shape index (κ3) is 4.77. The Hall–Kier alpha value is -2.97. The zero-order chi connectivity index (χ0) is 16.7. The lowest BCUT2D eigenvalue weighted by atomic mass is 10.2. The molecule has 0 atom stereocenters. The van der Waals surface area contributed by atoms with Crippen molar-refractivity contribution in [3.05, 3.63) is 65.3 Å². The van der Waals surface area contributed by atoms with Crippen molar-refractivity contribution in [1.82, 2.24) is 0 Å². The highest BCUT2D eigenvalue weighted by atomic mass is 35.5. The lowest BCUT2D eigenvalue weighted by Gasteiger charge is -2.06. The number of nitriles is 1. The van der Waals surface area contributed by atoms with E-state index in [9.17, 15) is 4.79 Å². The average Bonchev–Trinajstić information content (AvgIpc) is 2.57. The molecule has 116 valence electrons. The molecular formula is C17H14ClN3O2. The first kappa shape index (κ1) is 16.4. The van der Waals surface area contributed by atoms with E-state index in [1.807, 2.05) is 6.07 Å². The van der Waals surface area contributed by atoms with Crippen LogP contribution in [0, 0.1) is 11.3 Å². The third-order valence-electron chi connectivity index (χ3n) is 2.92. The smallest absolute Gasteiger partial charge is 0.267 e. The molecule has 0 aliphatic rings. The number of carbonyl (C=O) groups excluding carboxylic acids is 1. The number of rotatable bonds is 5. The van der Waals surface area contributed by atoms with Crippen molar-refractivity contribution in [2.75, 3.05) is 17.7 Å². The summed E-state index contributed by atoms with van der Waals surface area (Å²) < 4.78 is 5.11. The number of amides is 1. The van der Waals surface area contributed by atoms with Crippen LogP contribution >= 0.6 is 11.6 Å². The van der Waals surface area contributed by atoms with Gasteiger partial charge in [-0.05, 0) is 36.4 Å². The number of carbonyl (C=O) groups is 1. The Morgan fingerprint density at radius 1 is 1.22 bits per heavy atom. The number of ether oxygens (including phenoxy) is 1. The number of methoxy groups -OCH3 is 1. The number of hydrogen-bond acceptors (Lipinski definition) is 4. The summed E-state index contributed by atoms with van der Waals surface area (Å²) in [4.78, 5) is 12.1. The standard InChI is InChI=1S/C17H14ClN3O2/c1-23-16-4-2-3-15(9-16)20-11-12(10-19)17(22)21-14-7-5-13(18)6-8-14/h2-9,11,20H,1H3,(H,21,22)/b12-11-. The van der Waals surface area contributed by atoms with Gasteiger partial charge in [0.25, 0.3) is 5.91 Å². The molecule has 5 nitrogen and oxygen atoms in total. The van der Waals surface area contributed by atoms with E-state index in [2.05, 4.69) is 10.6 Å². The lowest BCUT2D eigenvalue weighted by Crippen LogP contribution is -2.14. The highest BCUT2D eigenvalue weighted by molar-refractivity contribution is 6.30. The summed E-state index contributed by atoms with van der Waals surface area (Å²) in [5.41, 5.74) is 1.21. The van der Waals surface area contributed by atoms with Crippen molar-refractivity contribution < 1.29 is 9.53 Å². The molecule has 2 aromatic carbocycles. The zero-order valence-corrected chi connectivity index (χ0v) is 13.1. The second kappa shape index (κ2) is 7.87. The Bertz CT molecular complexity index is 764. The van der Waals surface area contributed by atoms with E-state index in [-0.39, 0.29) is 5.57 Å². The third-order valence-corrected chi connectivity index (χ3v) is 3.17. The molecule has 2 rings (SSSR count). The molecule has 0 saturated heterocycles. The molecule has 1 amide bonds. The summed E-state index contributed by atoms with van der Waals surface area (Å²) in [6, 6.07) is 15.6. The van der Waals surface area contributed by atoms with Crippen LogP contribution in [0.15, 0.2) is 60.3 Å². The molecule has 23 heavy (non-hydrogen) atoms. The predicted octanol–water partition coefficient (Wildman–Crippen LogP) is 3.81. The van der Waals surface area contributed by atoms with Gasteiger partial charge in [0.1, 0.15) is 17.4 Å². The van der Waals surface area contributed by atoms with Crippen LogP contribution in [0.5, 0.6) is 5.75 Å². The van der Waals surface area contributed by atoms with Crippen molar-refractivity contribution in [2.45, 2.75) is 0 Å². The van der Waals surface area contributed by atoms with Crippen LogP contribution < -0.4 is 15.4 Å². The number of anilines is 2. The van der Waals surface area contributed by atoms with Crippen LogP contribution in [0.4, 0.5) is 11.4 Å². The van der Waals surface area contributed by atoms with E-state index in [1.165, 1.54) is 6.20 Å². The monoisotopic (exact) mass is 327 g/mol. The fraction of sp³-hybridized carbons (Fsp3) is 0.0588. The topological polar surface area (TPSA) is 74.1 Å². The molecule has 6 heteroatoms. The van der Waals surface area contributed by atoms with Gasteiger partial charge in [-0.1, -0.05) is 17.7 Å². The fourth-order valence-electron chi connectivity index (χ4n) is 1.75. The number of nitrogens with zero attached hydrogens (tertiary/aromatic N) is 1. The average molecular weight is 328 g/mol. The normalized spacial score (nSPS) is 10.6. The maximum atomic E-state index is 12.1. The van der Waals surface area contributed by atoms with Gasteiger partial charge in [-0.25, -0.2) is 0 Å². The van der Waals surface area contributed by atoms with Gasteiger partial charge < -0.3 is 15.4 Å². The summed E-state index contributed by atoms with van der Waals surface area (Å²) in [5, 5.41) is 15.2. The van der Waals surface area contributed by atoms with Crippen LogP contribution in [0.1, 0.15) is 0 Å². The summed E-state index contributed by atoms with van der Waals surface area (Å²) in [6.45, 7) is 0. The minimum Gasteiger partial charge on any atom is -0.497 e. The molecule has 0 aliphatic heterocycles. The van der Waals surface area contributed by atoms with E-state index in [0.717, 1.165) is 0 Å². The maximum Gasteiger partial charge on any atom is 0.267 e. The first-order valence-corrected chi connectivity index (χ1v) is 7.08.